The minimum atomic E-state index is 0.187. The number of benzene rings is 1. The summed E-state index contributed by atoms with van der Waals surface area (Å²) in [7, 11) is 0. The van der Waals surface area contributed by atoms with Gasteiger partial charge in [-0.2, -0.15) is 0 Å². The van der Waals surface area contributed by atoms with Gasteiger partial charge < -0.3 is 0 Å². The lowest BCUT2D eigenvalue weighted by Gasteiger charge is -2.14. The van der Waals surface area contributed by atoms with Crippen LogP contribution in [-0.2, 0) is 0 Å². The molecular formula is C14H16BrClO. The molecule has 1 nitrogen and oxygen atoms in total. The van der Waals surface area contributed by atoms with Gasteiger partial charge in [0.05, 0.1) is 0 Å². The van der Waals surface area contributed by atoms with Gasteiger partial charge in [-0.25, -0.2) is 0 Å². The predicted molar refractivity (Wildman–Crippen MR) is 74.7 cm³/mol. The number of carbonyl (C=O) groups is 1. The van der Waals surface area contributed by atoms with E-state index < -0.39 is 0 Å². The summed E-state index contributed by atoms with van der Waals surface area (Å²) in [4.78, 5) is 12.4. The van der Waals surface area contributed by atoms with Gasteiger partial charge in [0.1, 0.15) is 0 Å². The summed E-state index contributed by atoms with van der Waals surface area (Å²) in [5.74, 6) is 0.438. The Morgan fingerprint density at radius 1 is 1.18 bits per heavy atom. The van der Waals surface area contributed by atoms with Crippen molar-refractivity contribution in [1.29, 1.82) is 0 Å². The lowest BCUT2D eigenvalue weighted by molar-refractivity contribution is 0.0907. The summed E-state index contributed by atoms with van der Waals surface area (Å²) >= 11 is 9.40. The fourth-order valence-corrected chi connectivity index (χ4v) is 3.06. The molecular weight excluding hydrogens is 300 g/mol. The first-order valence-electron chi connectivity index (χ1n) is 6.18. The van der Waals surface area contributed by atoms with Gasteiger partial charge in [-0.05, 0) is 31.0 Å². The Morgan fingerprint density at radius 2 is 1.82 bits per heavy atom. The van der Waals surface area contributed by atoms with Crippen molar-refractivity contribution >= 4 is 33.3 Å². The maximum atomic E-state index is 12.4. The lowest BCUT2D eigenvalue weighted by atomic mass is 9.91. The third-order valence-corrected chi connectivity index (χ3v) is 4.35. The van der Waals surface area contributed by atoms with Gasteiger partial charge in [-0.15, -0.1) is 0 Å². The highest BCUT2D eigenvalue weighted by Crippen LogP contribution is 2.30. The zero-order valence-corrected chi connectivity index (χ0v) is 12.1. The molecule has 0 amide bonds. The molecule has 0 spiro atoms. The van der Waals surface area contributed by atoms with Crippen molar-refractivity contribution in [1.82, 2.24) is 0 Å². The van der Waals surface area contributed by atoms with Crippen LogP contribution < -0.4 is 0 Å². The van der Waals surface area contributed by atoms with E-state index in [1.54, 1.807) is 12.1 Å². The van der Waals surface area contributed by atoms with Crippen LogP contribution in [0, 0.1) is 5.92 Å². The molecule has 2 rings (SSSR count). The molecule has 0 radical (unpaired) electrons. The fraction of sp³-hybridized carbons (Fsp3) is 0.500. The number of hydrogen-bond donors (Lipinski definition) is 0. The van der Waals surface area contributed by atoms with Gasteiger partial charge in [0.2, 0.25) is 0 Å². The largest absolute Gasteiger partial charge is 0.294 e. The van der Waals surface area contributed by atoms with Crippen molar-refractivity contribution < 1.29 is 4.79 Å². The second-order valence-electron chi connectivity index (χ2n) is 4.68. The molecule has 1 aromatic carbocycles. The Morgan fingerprint density at radius 3 is 2.47 bits per heavy atom. The number of carbonyl (C=O) groups excluding carboxylic acids is 1. The van der Waals surface area contributed by atoms with E-state index in [0.717, 1.165) is 22.9 Å². The summed E-state index contributed by atoms with van der Waals surface area (Å²) in [6.45, 7) is 0. The van der Waals surface area contributed by atoms with Crippen LogP contribution in [0.15, 0.2) is 22.7 Å². The second kappa shape index (κ2) is 6.01. The fourth-order valence-electron chi connectivity index (χ4n) is 2.45. The van der Waals surface area contributed by atoms with Gasteiger partial charge in [0.25, 0.3) is 0 Å². The molecule has 0 aromatic heterocycles. The topological polar surface area (TPSA) is 17.1 Å². The van der Waals surface area contributed by atoms with Crippen LogP contribution in [0.1, 0.15) is 48.9 Å². The van der Waals surface area contributed by atoms with E-state index in [0.29, 0.717) is 5.02 Å². The van der Waals surface area contributed by atoms with Crippen LogP contribution in [-0.4, -0.2) is 5.78 Å². The SMILES string of the molecule is O=C(c1cc(Cl)ccc1Br)C1CCCCCC1. The number of hydrogen-bond acceptors (Lipinski definition) is 1. The zero-order chi connectivity index (χ0) is 12.3. The van der Waals surface area contributed by atoms with Crippen LogP contribution in [0.5, 0.6) is 0 Å². The normalized spacial score (nSPS) is 17.8. The summed E-state index contributed by atoms with van der Waals surface area (Å²) in [6, 6.07) is 5.43. The highest BCUT2D eigenvalue weighted by Gasteiger charge is 2.23. The molecule has 92 valence electrons. The van der Waals surface area contributed by atoms with Crippen molar-refractivity contribution in [3.05, 3.63) is 33.3 Å². The summed E-state index contributed by atoms with van der Waals surface area (Å²) < 4.78 is 0.858. The van der Waals surface area contributed by atoms with E-state index in [4.69, 9.17) is 11.6 Å². The molecule has 0 N–H and O–H groups in total. The summed E-state index contributed by atoms with van der Waals surface area (Å²) in [5.41, 5.74) is 0.740. The van der Waals surface area contributed by atoms with Gasteiger partial charge in [0.15, 0.2) is 5.78 Å². The quantitative estimate of drug-likeness (QED) is 0.537. The standard InChI is InChI=1S/C14H16BrClO/c15-13-8-7-11(16)9-12(13)14(17)10-5-3-1-2-4-6-10/h7-10H,1-6H2. The number of ketones is 1. The van der Waals surface area contributed by atoms with Gasteiger partial charge >= 0.3 is 0 Å². The monoisotopic (exact) mass is 314 g/mol. The van der Waals surface area contributed by atoms with Crippen molar-refractivity contribution in [3.63, 3.8) is 0 Å². The number of halogens is 2. The molecule has 0 aliphatic heterocycles. The van der Waals surface area contributed by atoms with E-state index in [9.17, 15) is 4.79 Å². The van der Waals surface area contributed by atoms with Gasteiger partial charge in [-0.3, -0.25) is 4.79 Å². The van der Waals surface area contributed by atoms with Crippen LogP contribution in [0.3, 0.4) is 0 Å². The third-order valence-electron chi connectivity index (χ3n) is 3.42. The molecule has 1 fully saturated rings. The molecule has 1 aromatic rings. The molecule has 0 saturated heterocycles. The van der Waals surface area contributed by atoms with E-state index in [1.165, 1.54) is 25.7 Å². The van der Waals surface area contributed by atoms with Crippen LogP contribution in [0.2, 0.25) is 5.02 Å². The average Bonchev–Trinajstić information content (AvgIpc) is 2.60. The number of rotatable bonds is 2. The summed E-state index contributed by atoms with van der Waals surface area (Å²) in [6.07, 6.45) is 6.93. The van der Waals surface area contributed by atoms with E-state index in [1.807, 2.05) is 6.07 Å². The van der Waals surface area contributed by atoms with E-state index in [-0.39, 0.29) is 11.7 Å². The van der Waals surface area contributed by atoms with Gasteiger partial charge in [0, 0.05) is 21.0 Å². The van der Waals surface area contributed by atoms with Crippen LogP contribution >= 0.6 is 27.5 Å². The maximum Gasteiger partial charge on any atom is 0.167 e. The molecule has 3 heteroatoms. The molecule has 1 aliphatic carbocycles. The Hall–Kier alpha value is -0.340. The van der Waals surface area contributed by atoms with Gasteiger partial charge in [-0.1, -0.05) is 53.2 Å². The zero-order valence-electron chi connectivity index (χ0n) is 9.72. The molecule has 0 heterocycles. The molecule has 0 unspecified atom stereocenters. The first-order valence-corrected chi connectivity index (χ1v) is 7.35. The first-order chi connectivity index (χ1) is 8.18. The molecule has 1 aliphatic rings. The van der Waals surface area contributed by atoms with Crippen LogP contribution in [0.25, 0.3) is 0 Å². The van der Waals surface area contributed by atoms with Crippen molar-refractivity contribution in [3.8, 4) is 0 Å². The Kier molecular flexibility index (Phi) is 4.63. The minimum Gasteiger partial charge on any atom is -0.294 e. The van der Waals surface area contributed by atoms with Crippen LogP contribution in [0.4, 0.5) is 0 Å². The lowest BCUT2D eigenvalue weighted by Crippen LogP contribution is -2.14. The third kappa shape index (κ3) is 3.32. The average molecular weight is 316 g/mol. The molecule has 0 atom stereocenters. The maximum absolute atomic E-state index is 12.4. The highest BCUT2D eigenvalue weighted by molar-refractivity contribution is 9.10. The highest BCUT2D eigenvalue weighted by atomic mass is 79.9. The first kappa shape index (κ1) is 13.1. The molecule has 1 saturated carbocycles. The Labute approximate surface area is 116 Å². The van der Waals surface area contributed by atoms with E-state index >= 15 is 0 Å². The van der Waals surface area contributed by atoms with Crippen molar-refractivity contribution in [2.45, 2.75) is 38.5 Å². The Balaban J connectivity index is 2.20. The minimum absolute atomic E-state index is 0.187. The van der Waals surface area contributed by atoms with E-state index in [2.05, 4.69) is 15.9 Å². The summed E-state index contributed by atoms with van der Waals surface area (Å²) in [5, 5.41) is 0.630. The predicted octanol–water partition coefficient (Wildman–Crippen LogP) is 5.26. The second-order valence-corrected chi connectivity index (χ2v) is 5.97. The van der Waals surface area contributed by atoms with Crippen molar-refractivity contribution in [2.75, 3.05) is 0 Å². The smallest absolute Gasteiger partial charge is 0.167 e. The molecule has 0 bridgehead atoms. The Bertz CT molecular complexity index is 409. The van der Waals surface area contributed by atoms with Crippen molar-refractivity contribution in [2.24, 2.45) is 5.92 Å². The molecule has 17 heavy (non-hydrogen) atoms. The number of Topliss-reactive ketones (excluding diaryl/α,β-unsaturated/α-hetero) is 1.